The van der Waals surface area contributed by atoms with E-state index < -0.39 is 0 Å². The lowest BCUT2D eigenvalue weighted by molar-refractivity contribution is -0.126. The summed E-state index contributed by atoms with van der Waals surface area (Å²) in [7, 11) is 0. The van der Waals surface area contributed by atoms with Crippen molar-refractivity contribution >= 4 is 5.91 Å². The van der Waals surface area contributed by atoms with E-state index in [9.17, 15) is 4.79 Å². The normalized spacial score (nSPS) is 24.6. The first kappa shape index (κ1) is 17.5. The van der Waals surface area contributed by atoms with Gasteiger partial charge in [0.05, 0.1) is 0 Å². The third kappa shape index (κ3) is 6.74. The van der Waals surface area contributed by atoms with E-state index in [2.05, 4.69) is 26.1 Å². The van der Waals surface area contributed by atoms with Gasteiger partial charge < -0.3 is 11.1 Å². The summed E-state index contributed by atoms with van der Waals surface area (Å²) in [5.74, 6) is 1.93. The molecule has 20 heavy (non-hydrogen) atoms. The summed E-state index contributed by atoms with van der Waals surface area (Å²) < 4.78 is 0. The van der Waals surface area contributed by atoms with Crippen molar-refractivity contribution in [3.05, 3.63) is 0 Å². The molecule has 1 aliphatic rings. The number of unbranched alkanes of at least 4 members (excludes halogenated alkanes) is 1. The molecule has 0 aliphatic heterocycles. The minimum Gasteiger partial charge on any atom is -0.354 e. The molecule has 118 valence electrons. The van der Waals surface area contributed by atoms with Gasteiger partial charge in [0.25, 0.3) is 0 Å². The molecule has 3 heteroatoms. The van der Waals surface area contributed by atoms with Gasteiger partial charge in [-0.2, -0.15) is 0 Å². The molecule has 0 spiro atoms. The number of hydrogen-bond donors (Lipinski definition) is 2. The molecule has 1 rings (SSSR count). The van der Waals surface area contributed by atoms with Gasteiger partial charge in [-0.15, -0.1) is 0 Å². The fraction of sp³-hybridized carbons (Fsp3) is 0.941. The minimum atomic E-state index is 0.0971. The summed E-state index contributed by atoms with van der Waals surface area (Å²) in [4.78, 5) is 12.1. The molecule has 1 unspecified atom stereocenters. The molecule has 0 heterocycles. The van der Waals surface area contributed by atoms with Crippen LogP contribution in [0.2, 0.25) is 0 Å². The highest BCUT2D eigenvalue weighted by atomic mass is 16.1. The predicted octanol–water partition coefficient (Wildman–Crippen LogP) is 3.47. The lowest BCUT2D eigenvalue weighted by atomic mass is 9.79. The van der Waals surface area contributed by atoms with Crippen molar-refractivity contribution in [3.8, 4) is 0 Å². The molecule has 0 aromatic rings. The Hall–Kier alpha value is -0.570. The van der Waals surface area contributed by atoms with Crippen LogP contribution in [0.3, 0.4) is 0 Å². The van der Waals surface area contributed by atoms with Gasteiger partial charge in [0.2, 0.25) is 5.91 Å². The molecule has 1 aliphatic carbocycles. The van der Waals surface area contributed by atoms with E-state index in [0.717, 1.165) is 25.2 Å². The third-order valence-electron chi connectivity index (χ3n) is 4.50. The van der Waals surface area contributed by atoms with Gasteiger partial charge in [-0.25, -0.2) is 0 Å². The standard InChI is InChI=1S/C17H34N2O/c1-4-5-6-14-7-9-15(10-8-14)17(20)19-12-16(18)11-13(2)3/h13-16H,4-12,18H2,1-3H3,(H,19,20). The van der Waals surface area contributed by atoms with Crippen molar-refractivity contribution in [2.45, 2.75) is 78.2 Å². The molecule has 0 radical (unpaired) electrons. The summed E-state index contributed by atoms with van der Waals surface area (Å²) >= 11 is 0. The van der Waals surface area contributed by atoms with E-state index in [1.54, 1.807) is 0 Å². The Bertz CT molecular complexity index is 270. The quantitative estimate of drug-likeness (QED) is 0.716. The maximum Gasteiger partial charge on any atom is 0.223 e. The van der Waals surface area contributed by atoms with Crippen molar-refractivity contribution in [2.75, 3.05) is 6.54 Å². The molecule has 1 fully saturated rings. The zero-order chi connectivity index (χ0) is 15.0. The van der Waals surface area contributed by atoms with Gasteiger partial charge in [-0.3, -0.25) is 4.79 Å². The molecule has 0 bridgehead atoms. The van der Waals surface area contributed by atoms with E-state index in [-0.39, 0.29) is 17.9 Å². The fourth-order valence-corrected chi connectivity index (χ4v) is 3.27. The first-order chi connectivity index (χ1) is 9.52. The van der Waals surface area contributed by atoms with Crippen LogP contribution in [0.1, 0.15) is 72.1 Å². The number of hydrogen-bond acceptors (Lipinski definition) is 2. The van der Waals surface area contributed by atoms with Crippen molar-refractivity contribution in [2.24, 2.45) is 23.5 Å². The van der Waals surface area contributed by atoms with E-state index in [0.29, 0.717) is 12.5 Å². The Morgan fingerprint density at radius 2 is 1.90 bits per heavy atom. The minimum absolute atomic E-state index is 0.0971. The topological polar surface area (TPSA) is 55.1 Å². The van der Waals surface area contributed by atoms with Crippen LogP contribution in [0.5, 0.6) is 0 Å². The van der Waals surface area contributed by atoms with Crippen LogP contribution in [0, 0.1) is 17.8 Å². The summed E-state index contributed by atoms with van der Waals surface area (Å²) in [5.41, 5.74) is 6.01. The van der Waals surface area contributed by atoms with Crippen molar-refractivity contribution in [1.82, 2.24) is 5.32 Å². The largest absolute Gasteiger partial charge is 0.354 e. The van der Waals surface area contributed by atoms with Crippen LogP contribution in [-0.2, 0) is 4.79 Å². The Morgan fingerprint density at radius 1 is 1.25 bits per heavy atom. The van der Waals surface area contributed by atoms with Crippen LogP contribution in [0.15, 0.2) is 0 Å². The summed E-state index contributed by atoms with van der Waals surface area (Å²) in [6.45, 7) is 7.21. The average Bonchev–Trinajstić information content (AvgIpc) is 2.42. The van der Waals surface area contributed by atoms with E-state index >= 15 is 0 Å². The Labute approximate surface area is 125 Å². The van der Waals surface area contributed by atoms with Crippen LogP contribution in [0.25, 0.3) is 0 Å². The van der Waals surface area contributed by atoms with Gasteiger partial charge in [-0.1, -0.05) is 40.0 Å². The molecule has 1 saturated carbocycles. The number of nitrogens with one attached hydrogen (secondary N) is 1. The van der Waals surface area contributed by atoms with Crippen LogP contribution >= 0.6 is 0 Å². The number of amides is 1. The smallest absolute Gasteiger partial charge is 0.223 e. The van der Waals surface area contributed by atoms with Crippen molar-refractivity contribution in [1.29, 1.82) is 0 Å². The highest BCUT2D eigenvalue weighted by Crippen LogP contribution is 2.31. The number of rotatable bonds is 8. The highest BCUT2D eigenvalue weighted by molar-refractivity contribution is 5.78. The first-order valence-electron chi connectivity index (χ1n) is 8.56. The predicted molar refractivity (Wildman–Crippen MR) is 85.4 cm³/mol. The number of nitrogens with two attached hydrogens (primary N) is 1. The van der Waals surface area contributed by atoms with Gasteiger partial charge in [0, 0.05) is 18.5 Å². The maximum atomic E-state index is 12.1. The zero-order valence-electron chi connectivity index (χ0n) is 13.7. The molecule has 1 amide bonds. The Kier molecular flexibility index (Phi) is 8.20. The van der Waals surface area contributed by atoms with Crippen LogP contribution in [0.4, 0.5) is 0 Å². The monoisotopic (exact) mass is 282 g/mol. The van der Waals surface area contributed by atoms with Crippen molar-refractivity contribution in [3.63, 3.8) is 0 Å². The third-order valence-corrected chi connectivity index (χ3v) is 4.50. The van der Waals surface area contributed by atoms with E-state index in [1.807, 2.05) is 0 Å². The number of carbonyl (C=O) groups is 1. The molecular weight excluding hydrogens is 248 g/mol. The molecule has 1 atom stereocenters. The second-order valence-corrected chi connectivity index (χ2v) is 6.99. The van der Waals surface area contributed by atoms with Gasteiger partial charge in [0.1, 0.15) is 0 Å². The van der Waals surface area contributed by atoms with Gasteiger partial charge >= 0.3 is 0 Å². The molecule has 0 aromatic heterocycles. The second kappa shape index (κ2) is 9.38. The summed E-state index contributed by atoms with van der Waals surface area (Å²) in [6.07, 6.45) is 9.55. The Balaban J connectivity index is 2.19. The van der Waals surface area contributed by atoms with E-state index in [1.165, 1.54) is 32.1 Å². The maximum absolute atomic E-state index is 12.1. The summed E-state index contributed by atoms with van der Waals surface area (Å²) in [5, 5.41) is 3.05. The lowest BCUT2D eigenvalue weighted by Crippen LogP contribution is -2.41. The van der Waals surface area contributed by atoms with Gasteiger partial charge in [-0.05, 0) is 43.9 Å². The molecule has 0 saturated heterocycles. The van der Waals surface area contributed by atoms with Gasteiger partial charge in [0.15, 0.2) is 0 Å². The average molecular weight is 282 g/mol. The fourth-order valence-electron chi connectivity index (χ4n) is 3.27. The Morgan fingerprint density at radius 3 is 2.45 bits per heavy atom. The second-order valence-electron chi connectivity index (χ2n) is 6.99. The molecule has 0 aromatic carbocycles. The van der Waals surface area contributed by atoms with E-state index in [4.69, 9.17) is 5.73 Å². The van der Waals surface area contributed by atoms with Crippen LogP contribution < -0.4 is 11.1 Å². The molecular formula is C17H34N2O. The summed E-state index contributed by atoms with van der Waals surface area (Å²) in [6, 6.07) is 0.0971. The van der Waals surface area contributed by atoms with Crippen LogP contribution in [-0.4, -0.2) is 18.5 Å². The lowest BCUT2D eigenvalue weighted by Gasteiger charge is -2.28. The first-order valence-corrected chi connectivity index (χ1v) is 8.56. The highest BCUT2D eigenvalue weighted by Gasteiger charge is 2.25. The number of carbonyl (C=O) groups excluding carboxylic acids is 1. The molecule has 3 nitrogen and oxygen atoms in total. The zero-order valence-corrected chi connectivity index (χ0v) is 13.7. The SMILES string of the molecule is CCCCC1CCC(C(=O)NCC(N)CC(C)C)CC1. The molecule has 3 N–H and O–H groups in total. The van der Waals surface area contributed by atoms with Crippen molar-refractivity contribution < 1.29 is 4.79 Å².